The Morgan fingerprint density at radius 2 is 2.29 bits per heavy atom. The fourth-order valence-corrected chi connectivity index (χ4v) is 4.29. The van der Waals surface area contributed by atoms with Crippen LogP contribution in [-0.4, -0.2) is 41.5 Å². The first-order valence-electron chi connectivity index (χ1n) is 8.37. The van der Waals surface area contributed by atoms with Gasteiger partial charge in [-0.2, -0.15) is 0 Å². The molecular weight excluding hydrogens is 342 g/mol. The number of benzene rings is 1. The first-order chi connectivity index (χ1) is 11.7. The molecule has 0 unspecified atom stereocenters. The zero-order valence-electron chi connectivity index (χ0n) is 13.8. The van der Waals surface area contributed by atoms with Gasteiger partial charge in [-0.1, -0.05) is 36.7 Å². The molecule has 1 amide bonds. The van der Waals surface area contributed by atoms with Crippen LogP contribution in [-0.2, 0) is 11.2 Å². The third kappa shape index (κ3) is 4.15. The standard InChI is InChI=1S/C18H22ClN3OS/c1-2-22-9-5-6-14(22)11-20-17(23)10-13-12-24-18(21-13)15-7-3-4-8-16(15)19/h3-4,7-8,12,14H,2,5-6,9-11H2,1H3,(H,20,23)/t14-/m0/s1. The zero-order valence-corrected chi connectivity index (χ0v) is 15.4. The van der Waals surface area contributed by atoms with Crippen molar-refractivity contribution in [1.29, 1.82) is 0 Å². The van der Waals surface area contributed by atoms with Gasteiger partial charge in [0.15, 0.2) is 0 Å². The van der Waals surface area contributed by atoms with Crippen LogP contribution < -0.4 is 5.32 Å². The monoisotopic (exact) mass is 363 g/mol. The minimum Gasteiger partial charge on any atom is -0.354 e. The second-order valence-corrected chi connectivity index (χ2v) is 7.29. The fourth-order valence-electron chi connectivity index (χ4n) is 3.15. The van der Waals surface area contributed by atoms with E-state index in [0.717, 1.165) is 35.9 Å². The third-order valence-electron chi connectivity index (χ3n) is 4.44. The summed E-state index contributed by atoms with van der Waals surface area (Å²) >= 11 is 7.73. The van der Waals surface area contributed by atoms with Gasteiger partial charge in [-0.25, -0.2) is 4.98 Å². The van der Waals surface area contributed by atoms with Crippen LogP contribution in [0.15, 0.2) is 29.6 Å². The molecule has 0 bridgehead atoms. The highest BCUT2D eigenvalue weighted by molar-refractivity contribution is 7.13. The number of halogens is 1. The molecule has 6 heteroatoms. The van der Waals surface area contributed by atoms with Crippen LogP contribution in [0.1, 0.15) is 25.5 Å². The van der Waals surface area contributed by atoms with Crippen LogP contribution in [0.2, 0.25) is 5.02 Å². The molecular formula is C18H22ClN3OS. The summed E-state index contributed by atoms with van der Waals surface area (Å²) in [6, 6.07) is 8.12. The average Bonchev–Trinajstić information content (AvgIpc) is 3.22. The normalized spacial score (nSPS) is 18.0. The largest absolute Gasteiger partial charge is 0.354 e. The maximum Gasteiger partial charge on any atom is 0.226 e. The molecule has 2 aromatic rings. The Bertz CT molecular complexity index is 703. The lowest BCUT2D eigenvalue weighted by Gasteiger charge is -2.22. The van der Waals surface area contributed by atoms with Crippen molar-refractivity contribution in [3.05, 3.63) is 40.4 Å². The highest BCUT2D eigenvalue weighted by Crippen LogP contribution is 2.30. The lowest BCUT2D eigenvalue weighted by molar-refractivity contribution is -0.120. The van der Waals surface area contributed by atoms with Crippen LogP contribution in [0.3, 0.4) is 0 Å². The van der Waals surface area contributed by atoms with Crippen molar-refractivity contribution in [2.45, 2.75) is 32.2 Å². The Morgan fingerprint density at radius 3 is 3.08 bits per heavy atom. The molecule has 1 aromatic heterocycles. The Balaban J connectivity index is 1.55. The maximum absolute atomic E-state index is 12.2. The average molecular weight is 364 g/mol. The molecule has 0 saturated carbocycles. The molecule has 1 atom stereocenters. The predicted molar refractivity (Wildman–Crippen MR) is 99.5 cm³/mol. The van der Waals surface area contributed by atoms with Gasteiger partial charge >= 0.3 is 0 Å². The summed E-state index contributed by atoms with van der Waals surface area (Å²) in [7, 11) is 0. The van der Waals surface area contributed by atoms with Gasteiger partial charge < -0.3 is 5.32 Å². The van der Waals surface area contributed by atoms with Gasteiger partial charge in [0.2, 0.25) is 5.91 Å². The molecule has 1 aliphatic rings. The maximum atomic E-state index is 12.2. The van der Waals surface area contributed by atoms with Gasteiger partial charge in [-0.15, -0.1) is 11.3 Å². The number of amides is 1. The van der Waals surface area contributed by atoms with E-state index in [1.54, 1.807) is 0 Å². The molecule has 0 spiro atoms. The number of thiazole rings is 1. The van der Waals surface area contributed by atoms with E-state index in [1.807, 2.05) is 29.6 Å². The second-order valence-electron chi connectivity index (χ2n) is 6.03. The quantitative estimate of drug-likeness (QED) is 0.852. The van der Waals surface area contributed by atoms with Crippen molar-refractivity contribution < 1.29 is 4.79 Å². The Labute approximate surface area is 151 Å². The number of hydrogen-bond acceptors (Lipinski definition) is 4. The van der Waals surface area contributed by atoms with Crippen molar-refractivity contribution >= 4 is 28.8 Å². The number of likely N-dealkylation sites (N-methyl/N-ethyl adjacent to an activating group) is 1. The van der Waals surface area contributed by atoms with Crippen molar-refractivity contribution in [2.75, 3.05) is 19.6 Å². The van der Waals surface area contributed by atoms with Crippen molar-refractivity contribution in [1.82, 2.24) is 15.2 Å². The molecule has 1 N–H and O–H groups in total. The van der Waals surface area contributed by atoms with E-state index >= 15 is 0 Å². The Morgan fingerprint density at radius 1 is 1.46 bits per heavy atom. The minimum atomic E-state index is 0.0361. The molecule has 1 aromatic carbocycles. The van der Waals surface area contributed by atoms with Gasteiger partial charge in [0, 0.05) is 23.5 Å². The first kappa shape index (κ1) is 17.4. The summed E-state index contributed by atoms with van der Waals surface area (Å²) in [5.41, 5.74) is 1.71. The van der Waals surface area contributed by atoms with Crippen LogP contribution in [0, 0.1) is 0 Å². The van der Waals surface area contributed by atoms with Crippen LogP contribution in [0.5, 0.6) is 0 Å². The van der Waals surface area contributed by atoms with Gasteiger partial charge in [0.05, 0.1) is 17.1 Å². The summed E-state index contributed by atoms with van der Waals surface area (Å²) in [5.74, 6) is 0.0361. The van der Waals surface area contributed by atoms with Crippen molar-refractivity contribution in [3.8, 4) is 10.6 Å². The smallest absolute Gasteiger partial charge is 0.226 e. The highest BCUT2D eigenvalue weighted by Gasteiger charge is 2.23. The van der Waals surface area contributed by atoms with Gasteiger partial charge in [0.1, 0.15) is 5.01 Å². The van der Waals surface area contributed by atoms with Gasteiger partial charge in [-0.3, -0.25) is 9.69 Å². The summed E-state index contributed by atoms with van der Waals surface area (Å²) < 4.78 is 0. The first-order valence-corrected chi connectivity index (χ1v) is 9.63. The number of likely N-dealkylation sites (tertiary alicyclic amines) is 1. The SMILES string of the molecule is CCN1CCC[C@H]1CNC(=O)Cc1csc(-c2ccccc2Cl)n1. The number of carbonyl (C=O) groups excluding carboxylic acids is 1. The molecule has 0 aliphatic carbocycles. The molecule has 4 nitrogen and oxygen atoms in total. The van der Waals surface area contributed by atoms with Crippen molar-refractivity contribution in [3.63, 3.8) is 0 Å². The summed E-state index contributed by atoms with van der Waals surface area (Å²) in [4.78, 5) is 19.2. The lowest BCUT2D eigenvalue weighted by atomic mass is 10.2. The summed E-state index contributed by atoms with van der Waals surface area (Å²) in [5, 5.41) is 6.53. The molecule has 128 valence electrons. The minimum absolute atomic E-state index is 0.0361. The van der Waals surface area contributed by atoms with E-state index in [-0.39, 0.29) is 5.91 Å². The van der Waals surface area contributed by atoms with E-state index in [1.165, 1.54) is 24.2 Å². The van der Waals surface area contributed by atoms with E-state index in [2.05, 4.69) is 22.1 Å². The number of aromatic nitrogens is 1. The van der Waals surface area contributed by atoms with Gasteiger partial charge in [0.25, 0.3) is 0 Å². The topological polar surface area (TPSA) is 45.2 Å². The molecule has 1 saturated heterocycles. The predicted octanol–water partition coefficient (Wildman–Crippen LogP) is 3.61. The fraction of sp³-hybridized carbons (Fsp3) is 0.444. The van der Waals surface area contributed by atoms with E-state index in [9.17, 15) is 4.79 Å². The second kappa shape index (κ2) is 8.10. The number of carbonyl (C=O) groups is 1. The Kier molecular flexibility index (Phi) is 5.87. The molecule has 3 rings (SSSR count). The van der Waals surface area contributed by atoms with E-state index in [0.29, 0.717) is 17.5 Å². The number of nitrogens with one attached hydrogen (secondary N) is 1. The van der Waals surface area contributed by atoms with E-state index in [4.69, 9.17) is 11.6 Å². The van der Waals surface area contributed by atoms with Crippen LogP contribution >= 0.6 is 22.9 Å². The molecule has 0 radical (unpaired) electrons. The molecule has 1 aliphatic heterocycles. The highest BCUT2D eigenvalue weighted by atomic mass is 35.5. The van der Waals surface area contributed by atoms with Crippen LogP contribution in [0.4, 0.5) is 0 Å². The number of rotatable bonds is 6. The molecule has 24 heavy (non-hydrogen) atoms. The molecule has 1 fully saturated rings. The van der Waals surface area contributed by atoms with Crippen LogP contribution in [0.25, 0.3) is 10.6 Å². The summed E-state index contributed by atoms with van der Waals surface area (Å²) in [6.07, 6.45) is 2.71. The molecule has 2 heterocycles. The lowest BCUT2D eigenvalue weighted by Crippen LogP contribution is -2.40. The third-order valence-corrected chi connectivity index (χ3v) is 5.69. The van der Waals surface area contributed by atoms with Gasteiger partial charge in [-0.05, 0) is 32.0 Å². The Hall–Kier alpha value is -1.43. The number of hydrogen-bond donors (Lipinski definition) is 1. The summed E-state index contributed by atoms with van der Waals surface area (Å²) in [6.45, 7) is 5.10. The number of nitrogens with zero attached hydrogens (tertiary/aromatic N) is 2. The van der Waals surface area contributed by atoms with Crippen molar-refractivity contribution in [2.24, 2.45) is 0 Å². The zero-order chi connectivity index (χ0) is 16.9. The van der Waals surface area contributed by atoms with E-state index < -0.39 is 0 Å².